The molecule has 11 nitrogen and oxygen atoms in total. The van der Waals surface area contributed by atoms with Crippen LogP contribution in [-0.2, 0) is 25.7 Å². The van der Waals surface area contributed by atoms with Gasteiger partial charge < -0.3 is 30.1 Å². The first-order chi connectivity index (χ1) is 21.7. The second-order valence-electron chi connectivity index (χ2n) is 12.4. The molecule has 2 heterocycles. The Kier molecular flexibility index (Phi) is 11.7. The van der Waals surface area contributed by atoms with Crippen molar-refractivity contribution in [1.29, 1.82) is 0 Å². The molecule has 2 aliphatic heterocycles. The van der Waals surface area contributed by atoms with Gasteiger partial charge in [0.15, 0.2) is 0 Å². The number of hydrogen-bond donors (Lipinski definition) is 3. The van der Waals surface area contributed by atoms with Gasteiger partial charge in [-0.25, -0.2) is 9.18 Å². The van der Waals surface area contributed by atoms with Crippen LogP contribution in [0.15, 0.2) is 42.5 Å². The molecule has 2 aromatic rings. The maximum atomic E-state index is 14.2. The number of aliphatic carboxylic acids is 1. The van der Waals surface area contributed by atoms with E-state index in [9.17, 15) is 28.7 Å². The van der Waals surface area contributed by atoms with Gasteiger partial charge in [-0.15, -0.1) is 0 Å². The van der Waals surface area contributed by atoms with E-state index >= 15 is 0 Å². The molecule has 3 amide bonds. The number of carbonyl (C=O) groups excluding carboxylic acids is 3. The Morgan fingerprint density at radius 1 is 1.13 bits per heavy atom. The van der Waals surface area contributed by atoms with Gasteiger partial charge in [0.05, 0.1) is 16.1 Å². The summed E-state index contributed by atoms with van der Waals surface area (Å²) in [6.45, 7) is 5.91. The normalized spacial score (nSPS) is 20.8. The lowest BCUT2D eigenvalue weighted by Gasteiger charge is -2.32. The van der Waals surface area contributed by atoms with Crippen molar-refractivity contribution in [2.24, 2.45) is 0 Å². The summed E-state index contributed by atoms with van der Waals surface area (Å²) < 4.78 is 25.2. The van der Waals surface area contributed by atoms with Gasteiger partial charge in [-0.1, -0.05) is 35.3 Å². The number of halogens is 3. The summed E-state index contributed by atoms with van der Waals surface area (Å²) in [4.78, 5) is 55.3. The van der Waals surface area contributed by atoms with Crippen LogP contribution in [0.2, 0.25) is 10.0 Å². The molecule has 4 rings (SSSR count). The highest BCUT2D eigenvalue weighted by atomic mass is 35.5. The average molecular weight is 682 g/mol. The quantitative estimate of drug-likeness (QED) is 0.313. The fourth-order valence-electron chi connectivity index (χ4n) is 5.72. The molecule has 2 aromatic carbocycles. The molecular weight excluding hydrogens is 642 g/mol. The van der Waals surface area contributed by atoms with E-state index in [1.165, 1.54) is 23.1 Å². The first kappa shape index (κ1) is 35.2. The zero-order valence-corrected chi connectivity index (χ0v) is 27.4. The first-order valence-electron chi connectivity index (χ1n) is 15.1. The van der Waals surface area contributed by atoms with E-state index in [1.54, 1.807) is 45.0 Å². The van der Waals surface area contributed by atoms with Crippen LogP contribution in [0.3, 0.4) is 0 Å². The maximum Gasteiger partial charge on any atom is 0.407 e. The summed E-state index contributed by atoms with van der Waals surface area (Å²) in [6, 6.07) is 8.07. The molecule has 1 unspecified atom stereocenters. The van der Waals surface area contributed by atoms with E-state index in [-0.39, 0.29) is 50.9 Å². The lowest BCUT2D eigenvalue weighted by atomic mass is 10.1. The Labute approximate surface area is 277 Å². The minimum absolute atomic E-state index is 0.0862. The van der Waals surface area contributed by atoms with Crippen molar-refractivity contribution >= 4 is 47.1 Å². The maximum absolute atomic E-state index is 14.2. The molecule has 2 aliphatic rings. The number of benzene rings is 2. The Morgan fingerprint density at radius 2 is 1.89 bits per heavy atom. The van der Waals surface area contributed by atoms with Gasteiger partial charge in [0.25, 0.3) is 0 Å². The van der Waals surface area contributed by atoms with Gasteiger partial charge in [-0.2, -0.15) is 0 Å². The molecule has 0 aliphatic carbocycles. The van der Waals surface area contributed by atoms with Gasteiger partial charge in [-0.05, 0) is 69.9 Å². The van der Waals surface area contributed by atoms with E-state index in [1.807, 2.05) is 4.90 Å². The highest BCUT2D eigenvalue weighted by Gasteiger charge is 2.47. The molecule has 46 heavy (non-hydrogen) atoms. The van der Waals surface area contributed by atoms with Crippen molar-refractivity contribution in [3.63, 3.8) is 0 Å². The Hall–Kier alpha value is -3.61. The number of carboxylic acids is 1. The molecule has 2 saturated heterocycles. The first-order valence-corrected chi connectivity index (χ1v) is 15.8. The van der Waals surface area contributed by atoms with Crippen LogP contribution < -0.4 is 15.4 Å². The largest absolute Gasteiger partial charge is 0.492 e. The Balaban J connectivity index is 1.56. The number of ether oxygens (including phenoxy) is 2. The summed E-state index contributed by atoms with van der Waals surface area (Å²) in [6.07, 6.45) is -0.446. The topological polar surface area (TPSA) is 138 Å². The molecule has 3 N–H and O–H groups in total. The minimum atomic E-state index is -1.10. The molecule has 0 aromatic heterocycles. The standard InChI is InChI=1S/C32H39Cl2FN4O7/c1-32(2,3)46-31(44)37-21-15-27-30(43)38(12-11-22(39(27)17-21)18-45-23-6-4-5-20(35)14-23)26(9-10-28(40)41)29(42)36-16-19-7-8-24(33)25(34)13-19/h4-8,13-14,21-22,26-27H,9-12,15-18H2,1-3H3,(H,36,42)(H,37,44)(H,40,41)/t21-,22?,26-,27+/m1/s1. The van der Waals surface area contributed by atoms with E-state index in [2.05, 4.69) is 10.6 Å². The minimum Gasteiger partial charge on any atom is -0.492 e. The molecule has 0 bridgehead atoms. The summed E-state index contributed by atoms with van der Waals surface area (Å²) in [5.74, 6) is -2.10. The predicted octanol–water partition coefficient (Wildman–Crippen LogP) is 4.63. The van der Waals surface area contributed by atoms with Crippen molar-refractivity contribution in [3.05, 3.63) is 63.9 Å². The number of nitrogens with one attached hydrogen (secondary N) is 2. The van der Waals surface area contributed by atoms with Gasteiger partial charge in [0.1, 0.15) is 29.8 Å². The van der Waals surface area contributed by atoms with Crippen LogP contribution in [0.4, 0.5) is 9.18 Å². The number of amides is 3. The van der Waals surface area contributed by atoms with Crippen molar-refractivity contribution in [1.82, 2.24) is 20.4 Å². The number of carbonyl (C=O) groups is 4. The van der Waals surface area contributed by atoms with Crippen molar-refractivity contribution < 1.29 is 38.1 Å². The van der Waals surface area contributed by atoms with Crippen LogP contribution in [0.5, 0.6) is 5.75 Å². The van der Waals surface area contributed by atoms with Gasteiger partial charge in [0.2, 0.25) is 11.8 Å². The third kappa shape index (κ3) is 9.70. The lowest BCUT2D eigenvalue weighted by Crippen LogP contribution is -2.53. The number of hydrogen-bond acceptors (Lipinski definition) is 7. The molecule has 4 atom stereocenters. The second kappa shape index (κ2) is 15.3. The SMILES string of the molecule is CC(C)(C)OC(=O)N[C@@H]1C[C@H]2C(=O)N([C@H](CCC(=O)O)C(=O)NCc3ccc(Cl)c(Cl)c3)CCC(COc3cccc(F)c3)N2C1. The molecule has 0 spiro atoms. The fraction of sp³-hybridized carbons (Fsp3) is 0.500. The zero-order valence-electron chi connectivity index (χ0n) is 25.9. The van der Waals surface area contributed by atoms with Crippen LogP contribution in [0.25, 0.3) is 0 Å². The average Bonchev–Trinajstić information content (AvgIpc) is 3.33. The molecule has 0 saturated carbocycles. The Bertz CT molecular complexity index is 1440. The van der Waals surface area contributed by atoms with Gasteiger partial charge in [0, 0.05) is 44.2 Å². The van der Waals surface area contributed by atoms with Gasteiger partial charge >= 0.3 is 12.1 Å². The third-order valence-corrected chi connectivity index (χ3v) is 8.54. The molecule has 0 radical (unpaired) electrons. The fourth-order valence-corrected chi connectivity index (χ4v) is 6.05. The Morgan fingerprint density at radius 3 is 2.57 bits per heavy atom. The number of alkyl carbamates (subject to hydrolysis) is 1. The molecule has 14 heteroatoms. The number of fused-ring (bicyclic) bond motifs is 1. The zero-order chi connectivity index (χ0) is 33.6. The summed E-state index contributed by atoms with van der Waals surface area (Å²) in [5, 5.41) is 15.8. The number of carboxylic acid groups (broad SMARTS) is 1. The number of rotatable bonds is 11. The van der Waals surface area contributed by atoms with Crippen LogP contribution >= 0.6 is 23.2 Å². The highest BCUT2D eigenvalue weighted by molar-refractivity contribution is 6.42. The lowest BCUT2D eigenvalue weighted by molar-refractivity contribution is -0.144. The van der Waals surface area contributed by atoms with Crippen LogP contribution in [0.1, 0.15) is 52.0 Å². The van der Waals surface area contributed by atoms with Crippen molar-refractivity contribution in [2.75, 3.05) is 19.7 Å². The van der Waals surface area contributed by atoms with Crippen LogP contribution in [-0.4, -0.2) is 88.2 Å². The highest BCUT2D eigenvalue weighted by Crippen LogP contribution is 2.30. The number of nitrogens with zero attached hydrogens (tertiary/aromatic N) is 2. The van der Waals surface area contributed by atoms with Crippen LogP contribution in [0, 0.1) is 5.82 Å². The summed E-state index contributed by atoms with van der Waals surface area (Å²) in [5.41, 5.74) is -0.0435. The molecule has 2 fully saturated rings. The van der Waals surface area contributed by atoms with E-state index < -0.39 is 47.5 Å². The summed E-state index contributed by atoms with van der Waals surface area (Å²) >= 11 is 12.1. The van der Waals surface area contributed by atoms with Crippen molar-refractivity contribution in [2.45, 2.75) is 82.8 Å². The summed E-state index contributed by atoms with van der Waals surface area (Å²) in [7, 11) is 0. The third-order valence-electron chi connectivity index (χ3n) is 7.80. The monoisotopic (exact) mass is 680 g/mol. The van der Waals surface area contributed by atoms with Crippen molar-refractivity contribution in [3.8, 4) is 5.75 Å². The molecular formula is C32H39Cl2FN4O7. The van der Waals surface area contributed by atoms with E-state index in [0.717, 1.165) is 0 Å². The van der Waals surface area contributed by atoms with E-state index in [0.29, 0.717) is 34.3 Å². The molecule has 250 valence electrons. The second-order valence-corrected chi connectivity index (χ2v) is 13.3. The smallest absolute Gasteiger partial charge is 0.407 e. The predicted molar refractivity (Wildman–Crippen MR) is 169 cm³/mol. The van der Waals surface area contributed by atoms with Gasteiger partial charge in [-0.3, -0.25) is 19.3 Å². The van der Waals surface area contributed by atoms with E-state index in [4.69, 9.17) is 32.7 Å².